The largest absolute Gasteiger partial charge is 0.344 e. The predicted molar refractivity (Wildman–Crippen MR) is 69.1 cm³/mol. The van der Waals surface area contributed by atoms with E-state index in [0.717, 1.165) is 10.6 Å². The average Bonchev–Trinajstić information content (AvgIpc) is 2.70. The molecule has 6 heteroatoms. The summed E-state index contributed by atoms with van der Waals surface area (Å²) in [6.45, 7) is 4.89. The number of thiazole rings is 1. The third kappa shape index (κ3) is 2.69. The SMILES string of the molecule is CCC1NC(=O)CCN(Cc2scnc2C)C1=O. The standard InChI is InChI=1S/C12H17N3O2S/c1-3-9-12(17)15(5-4-11(16)14-9)6-10-8(2)13-7-18-10/h7,9H,3-6H2,1-2H3,(H,14,16). The van der Waals surface area contributed by atoms with Crippen molar-refractivity contribution in [2.75, 3.05) is 6.54 Å². The van der Waals surface area contributed by atoms with Crippen LogP contribution < -0.4 is 5.32 Å². The fraction of sp³-hybridized carbons (Fsp3) is 0.583. The highest BCUT2D eigenvalue weighted by Gasteiger charge is 2.28. The second kappa shape index (κ2) is 5.48. The minimum absolute atomic E-state index is 0.0103. The van der Waals surface area contributed by atoms with Crippen LogP contribution in [-0.2, 0) is 16.1 Å². The van der Waals surface area contributed by atoms with Gasteiger partial charge < -0.3 is 10.2 Å². The minimum Gasteiger partial charge on any atom is -0.344 e. The number of aryl methyl sites for hydroxylation is 1. The van der Waals surface area contributed by atoms with Crippen LogP contribution >= 0.6 is 11.3 Å². The molecule has 2 heterocycles. The molecule has 1 aliphatic rings. The molecule has 0 radical (unpaired) electrons. The van der Waals surface area contributed by atoms with Crippen LogP contribution in [0.15, 0.2) is 5.51 Å². The molecule has 2 rings (SSSR count). The Morgan fingerprint density at radius 1 is 1.56 bits per heavy atom. The third-order valence-corrected chi connectivity index (χ3v) is 4.06. The smallest absolute Gasteiger partial charge is 0.245 e. The summed E-state index contributed by atoms with van der Waals surface area (Å²) in [7, 11) is 0. The van der Waals surface area contributed by atoms with E-state index in [1.165, 1.54) is 0 Å². The molecule has 1 aromatic rings. The topological polar surface area (TPSA) is 62.3 Å². The van der Waals surface area contributed by atoms with Crippen molar-refractivity contribution >= 4 is 23.2 Å². The first-order valence-electron chi connectivity index (χ1n) is 6.09. The number of hydrogen-bond donors (Lipinski definition) is 1. The lowest BCUT2D eigenvalue weighted by Gasteiger charge is -2.22. The van der Waals surface area contributed by atoms with E-state index in [0.29, 0.717) is 25.9 Å². The Labute approximate surface area is 110 Å². The van der Waals surface area contributed by atoms with E-state index >= 15 is 0 Å². The number of aromatic nitrogens is 1. The molecule has 98 valence electrons. The van der Waals surface area contributed by atoms with Gasteiger partial charge >= 0.3 is 0 Å². The van der Waals surface area contributed by atoms with Gasteiger partial charge in [-0.2, -0.15) is 0 Å². The van der Waals surface area contributed by atoms with Crippen LogP contribution in [0.4, 0.5) is 0 Å². The fourth-order valence-corrected chi connectivity index (χ4v) is 2.77. The Bertz CT molecular complexity index is 458. The van der Waals surface area contributed by atoms with Crippen molar-refractivity contribution in [1.29, 1.82) is 0 Å². The van der Waals surface area contributed by atoms with E-state index < -0.39 is 0 Å². The fourth-order valence-electron chi connectivity index (χ4n) is 1.98. The molecule has 0 aliphatic carbocycles. The Kier molecular flexibility index (Phi) is 3.96. The summed E-state index contributed by atoms with van der Waals surface area (Å²) < 4.78 is 0. The number of carbonyl (C=O) groups is 2. The zero-order chi connectivity index (χ0) is 13.1. The Morgan fingerprint density at radius 3 is 2.94 bits per heavy atom. The van der Waals surface area contributed by atoms with E-state index in [4.69, 9.17) is 0 Å². The van der Waals surface area contributed by atoms with Crippen LogP contribution in [0, 0.1) is 6.92 Å². The monoisotopic (exact) mass is 267 g/mol. The molecule has 5 nitrogen and oxygen atoms in total. The van der Waals surface area contributed by atoms with Gasteiger partial charge in [0.25, 0.3) is 0 Å². The molecule has 1 unspecified atom stereocenters. The molecule has 1 N–H and O–H groups in total. The molecular formula is C12H17N3O2S. The molecule has 1 aromatic heterocycles. The van der Waals surface area contributed by atoms with Crippen LogP contribution in [0.3, 0.4) is 0 Å². The number of nitrogens with one attached hydrogen (secondary N) is 1. The summed E-state index contributed by atoms with van der Waals surface area (Å²) >= 11 is 1.55. The molecule has 0 spiro atoms. The van der Waals surface area contributed by atoms with Gasteiger partial charge in [-0.25, -0.2) is 4.98 Å². The van der Waals surface area contributed by atoms with Crippen LogP contribution in [0.5, 0.6) is 0 Å². The first-order valence-corrected chi connectivity index (χ1v) is 6.97. The first kappa shape index (κ1) is 13.0. The van der Waals surface area contributed by atoms with E-state index in [1.54, 1.807) is 21.7 Å². The van der Waals surface area contributed by atoms with Crippen molar-refractivity contribution in [2.45, 2.75) is 39.3 Å². The van der Waals surface area contributed by atoms with Crippen LogP contribution in [0.1, 0.15) is 30.3 Å². The Hall–Kier alpha value is -1.43. The van der Waals surface area contributed by atoms with Crippen LogP contribution in [0.25, 0.3) is 0 Å². The molecule has 2 amide bonds. The summed E-state index contributed by atoms with van der Waals surface area (Å²) in [6.07, 6.45) is 1.00. The van der Waals surface area contributed by atoms with Gasteiger partial charge in [-0.3, -0.25) is 9.59 Å². The molecule has 0 bridgehead atoms. The summed E-state index contributed by atoms with van der Waals surface area (Å²) in [5.74, 6) is -0.0325. The van der Waals surface area contributed by atoms with Crippen molar-refractivity contribution in [1.82, 2.24) is 15.2 Å². The van der Waals surface area contributed by atoms with Gasteiger partial charge in [-0.1, -0.05) is 6.92 Å². The zero-order valence-corrected chi connectivity index (χ0v) is 11.4. The highest BCUT2D eigenvalue weighted by Crippen LogP contribution is 2.17. The van der Waals surface area contributed by atoms with Gasteiger partial charge in [0.15, 0.2) is 0 Å². The second-order valence-corrected chi connectivity index (χ2v) is 5.34. The average molecular weight is 267 g/mol. The van der Waals surface area contributed by atoms with E-state index in [9.17, 15) is 9.59 Å². The normalized spacial score (nSPS) is 20.8. The molecule has 1 fully saturated rings. The van der Waals surface area contributed by atoms with Gasteiger partial charge in [-0.15, -0.1) is 11.3 Å². The van der Waals surface area contributed by atoms with Crippen molar-refractivity contribution in [3.8, 4) is 0 Å². The minimum atomic E-state index is -0.381. The van der Waals surface area contributed by atoms with Crippen molar-refractivity contribution in [2.24, 2.45) is 0 Å². The van der Waals surface area contributed by atoms with Crippen LogP contribution in [0.2, 0.25) is 0 Å². The lowest BCUT2D eigenvalue weighted by atomic mass is 10.2. The number of rotatable bonds is 3. The highest BCUT2D eigenvalue weighted by molar-refractivity contribution is 7.09. The van der Waals surface area contributed by atoms with Crippen molar-refractivity contribution in [3.05, 3.63) is 16.1 Å². The van der Waals surface area contributed by atoms with Crippen molar-refractivity contribution < 1.29 is 9.59 Å². The first-order chi connectivity index (χ1) is 8.61. The van der Waals surface area contributed by atoms with Crippen molar-refractivity contribution in [3.63, 3.8) is 0 Å². The maximum absolute atomic E-state index is 12.3. The van der Waals surface area contributed by atoms with Gasteiger partial charge in [0.05, 0.1) is 17.7 Å². The number of carbonyl (C=O) groups excluding carboxylic acids is 2. The van der Waals surface area contributed by atoms with Gasteiger partial charge in [-0.05, 0) is 13.3 Å². The molecule has 1 aliphatic heterocycles. The molecule has 1 saturated heterocycles. The lowest BCUT2D eigenvalue weighted by Crippen LogP contribution is -2.43. The van der Waals surface area contributed by atoms with Gasteiger partial charge in [0.2, 0.25) is 11.8 Å². The molecule has 1 atom stereocenters. The predicted octanol–water partition coefficient (Wildman–Crippen LogP) is 1.08. The number of amides is 2. The van der Waals surface area contributed by atoms with Crippen LogP contribution in [-0.4, -0.2) is 34.3 Å². The number of nitrogens with zero attached hydrogens (tertiary/aromatic N) is 2. The van der Waals surface area contributed by atoms with Gasteiger partial charge in [0, 0.05) is 17.8 Å². The van der Waals surface area contributed by atoms with E-state index in [1.807, 2.05) is 13.8 Å². The third-order valence-electron chi connectivity index (χ3n) is 3.14. The maximum Gasteiger partial charge on any atom is 0.245 e. The summed E-state index contributed by atoms with van der Waals surface area (Å²) in [5.41, 5.74) is 2.75. The summed E-state index contributed by atoms with van der Waals surface area (Å²) in [5, 5.41) is 2.76. The quantitative estimate of drug-likeness (QED) is 0.891. The second-order valence-electron chi connectivity index (χ2n) is 4.40. The lowest BCUT2D eigenvalue weighted by molar-refractivity contribution is -0.134. The molecular weight excluding hydrogens is 250 g/mol. The van der Waals surface area contributed by atoms with E-state index in [-0.39, 0.29) is 17.9 Å². The zero-order valence-electron chi connectivity index (χ0n) is 10.6. The van der Waals surface area contributed by atoms with E-state index in [2.05, 4.69) is 10.3 Å². The summed E-state index contributed by atoms with van der Waals surface area (Å²) in [4.78, 5) is 30.8. The highest BCUT2D eigenvalue weighted by atomic mass is 32.1. The Balaban J connectivity index is 2.13. The maximum atomic E-state index is 12.3. The van der Waals surface area contributed by atoms with Gasteiger partial charge in [0.1, 0.15) is 6.04 Å². The molecule has 18 heavy (non-hydrogen) atoms. The molecule has 0 aromatic carbocycles. The Morgan fingerprint density at radius 2 is 2.33 bits per heavy atom. The molecule has 0 saturated carbocycles. The number of hydrogen-bond acceptors (Lipinski definition) is 4. The summed E-state index contributed by atoms with van der Waals surface area (Å²) in [6, 6.07) is -0.381.